The summed E-state index contributed by atoms with van der Waals surface area (Å²) in [6.07, 6.45) is 17.5. The van der Waals surface area contributed by atoms with E-state index in [1.165, 1.54) is 0 Å². The van der Waals surface area contributed by atoms with Crippen LogP contribution in [0.3, 0.4) is 0 Å². The third kappa shape index (κ3) is 7.78. The van der Waals surface area contributed by atoms with Crippen LogP contribution in [0.2, 0.25) is 0 Å². The number of nitrogens with zero attached hydrogens (tertiary/aromatic N) is 9. The van der Waals surface area contributed by atoms with Crippen molar-refractivity contribution < 1.29 is 0 Å². The molecule has 0 fully saturated rings. The second-order valence-electron chi connectivity index (χ2n) is 11.8. The van der Waals surface area contributed by atoms with Crippen LogP contribution in [0, 0.1) is 13.8 Å². The molecular weight excluding hydrogens is 631 g/mol. The number of hydrogen-bond donors (Lipinski definition) is 0. The van der Waals surface area contributed by atoms with Crippen LogP contribution in [0.1, 0.15) is 56.3 Å². The quantitative estimate of drug-likeness (QED) is 0.0917. The lowest BCUT2D eigenvalue weighted by atomic mass is 10.1. The zero-order valence-electron chi connectivity index (χ0n) is 30.2. The van der Waals surface area contributed by atoms with Gasteiger partial charge in [-0.2, -0.15) is 0 Å². The Kier molecular flexibility index (Phi) is 11.5. The number of aromatic nitrogens is 6. The van der Waals surface area contributed by atoms with Gasteiger partial charge in [-0.15, -0.1) is 0 Å². The molecule has 51 heavy (non-hydrogen) atoms. The van der Waals surface area contributed by atoms with Crippen LogP contribution < -0.4 is 0 Å². The molecule has 0 aliphatic rings. The van der Waals surface area contributed by atoms with Crippen LogP contribution in [-0.2, 0) is 6.42 Å². The van der Waals surface area contributed by atoms with Crippen molar-refractivity contribution >= 4 is 58.7 Å². The molecule has 0 bridgehead atoms. The van der Waals surface area contributed by atoms with Gasteiger partial charge in [-0.1, -0.05) is 49.6 Å². The lowest BCUT2D eigenvalue weighted by molar-refractivity contribution is 0.941. The summed E-state index contributed by atoms with van der Waals surface area (Å²) in [5.74, 6) is 2.10. The van der Waals surface area contributed by atoms with Gasteiger partial charge in [0.15, 0.2) is 11.5 Å². The Labute approximate surface area is 300 Å². The van der Waals surface area contributed by atoms with E-state index in [-0.39, 0.29) is 0 Å². The zero-order valence-corrected chi connectivity index (χ0v) is 30.2. The summed E-state index contributed by atoms with van der Waals surface area (Å²) in [7, 11) is 0. The summed E-state index contributed by atoms with van der Waals surface area (Å²) in [4.78, 5) is 33.4. The summed E-state index contributed by atoms with van der Waals surface area (Å²) < 4.78 is 4.12. The first-order valence-corrected chi connectivity index (χ1v) is 16.7. The van der Waals surface area contributed by atoms with Gasteiger partial charge in [0.25, 0.3) is 0 Å². The first-order chi connectivity index (χ1) is 24.7. The minimum absolute atomic E-state index is 0.402. The normalized spacial score (nSPS) is 13.1. The number of pyridine rings is 2. The Morgan fingerprint density at radius 1 is 0.961 bits per heavy atom. The van der Waals surface area contributed by atoms with Crippen LogP contribution in [0.15, 0.2) is 131 Å². The molecule has 0 radical (unpaired) electrons. The van der Waals surface area contributed by atoms with Gasteiger partial charge in [-0.05, 0) is 108 Å². The van der Waals surface area contributed by atoms with E-state index in [1.807, 2.05) is 99.9 Å². The fourth-order valence-electron chi connectivity index (χ4n) is 5.65. The van der Waals surface area contributed by atoms with Gasteiger partial charge >= 0.3 is 0 Å². The SMILES string of the molecule is C=Cc1nc(C/C=C(\C=C(/N=C)C(C)=Nc2cccnc2C)c2nc3cccnc3n2-c2ccccc2C)n(/C(=C/C=C\C)C(=C)C)c1/N=C\C. The minimum Gasteiger partial charge on any atom is -0.280 e. The average molecular weight is 674 g/mol. The van der Waals surface area contributed by atoms with E-state index in [0.717, 1.165) is 56.5 Å². The minimum atomic E-state index is 0.402. The number of para-hydroxylation sites is 1. The number of hydrogen-bond acceptors (Lipinski definition) is 7. The van der Waals surface area contributed by atoms with Crippen molar-refractivity contribution in [2.75, 3.05) is 0 Å². The van der Waals surface area contributed by atoms with Gasteiger partial charge in [0.2, 0.25) is 0 Å². The number of allylic oxidation sites excluding steroid dienone is 9. The van der Waals surface area contributed by atoms with E-state index in [1.54, 1.807) is 24.7 Å². The molecule has 0 aliphatic carbocycles. The van der Waals surface area contributed by atoms with Crippen molar-refractivity contribution in [2.45, 2.75) is 48.0 Å². The predicted molar refractivity (Wildman–Crippen MR) is 215 cm³/mol. The molecule has 0 saturated carbocycles. The summed E-state index contributed by atoms with van der Waals surface area (Å²) >= 11 is 0. The van der Waals surface area contributed by atoms with Gasteiger partial charge < -0.3 is 0 Å². The molecule has 0 spiro atoms. The molecule has 4 aromatic heterocycles. The lowest BCUT2D eigenvalue weighted by Crippen LogP contribution is -2.06. The molecule has 0 aliphatic heterocycles. The van der Waals surface area contributed by atoms with Crippen LogP contribution in [0.5, 0.6) is 0 Å². The summed E-state index contributed by atoms with van der Waals surface area (Å²) in [5.41, 5.74) is 9.55. The Hall–Kier alpha value is -6.35. The van der Waals surface area contributed by atoms with Crippen molar-refractivity contribution in [1.29, 1.82) is 0 Å². The van der Waals surface area contributed by atoms with E-state index < -0.39 is 0 Å². The standard InChI is InChI=1S/C42H43N9/c1-10-13-21-37(28(4)5)50-39(48-33(11-2)41(50)44-12-3)24-23-32(27-36(43-9)31(8)47-34-19-16-25-45-30(34)7)40-49-35-20-17-26-46-42(35)51(40)38-22-15-14-18-29(38)6/h10-23,25-27H,2,4,9,24H2,1,3,5-8H3/b13-10-,32-23+,36-27-,37-21+,44-12-,47-31?. The summed E-state index contributed by atoms with van der Waals surface area (Å²) in [6, 6.07) is 15.9. The fraction of sp³-hybridized carbons (Fsp3) is 0.167. The predicted octanol–water partition coefficient (Wildman–Crippen LogP) is 9.99. The molecule has 9 nitrogen and oxygen atoms in total. The molecule has 0 saturated heterocycles. The first-order valence-electron chi connectivity index (χ1n) is 16.7. The first kappa shape index (κ1) is 35.9. The maximum absolute atomic E-state index is 5.16. The largest absolute Gasteiger partial charge is 0.280 e. The van der Waals surface area contributed by atoms with E-state index in [4.69, 9.17) is 24.9 Å². The van der Waals surface area contributed by atoms with Gasteiger partial charge in [-0.25, -0.2) is 24.9 Å². The Morgan fingerprint density at radius 2 is 1.73 bits per heavy atom. The number of fused-ring (bicyclic) bond motifs is 1. The van der Waals surface area contributed by atoms with E-state index in [0.29, 0.717) is 35.2 Å². The molecule has 0 amide bonds. The Bertz CT molecular complexity index is 2300. The second-order valence-corrected chi connectivity index (χ2v) is 11.8. The van der Waals surface area contributed by atoms with Crippen molar-refractivity contribution in [3.05, 3.63) is 144 Å². The van der Waals surface area contributed by atoms with Crippen molar-refractivity contribution in [3.8, 4) is 5.69 Å². The summed E-state index contributed by atoms with van der Waals surface area (Å²) in [6.45, 7) is 24.0. The molecule has 5 aromatic rings. The molecule has 1 aromatic carbocycles. The highest BCUT2D eigenvalue weighted by Crippen LogP contribution is 2.32. The molecular formula is C42H43N9. The number of aliphatic imine (C=N–C) groups is 3. The van der Waals surface area contributed by atoms with E-state index in [9.17, 15) is 0 Å². The van der Waals surface area contributed by atoms with Gasteiger partial charge in [0.1, 0.15) is 22.9 Å². The molecule has 0 unspecified atom stereocenters. The van der Waals surface area contributed by atoms with Crippen LogP contribution in [0.4, 0.5) is 11.5 Å². The van der Waals surface area contributed by atoms with Gasteiger partial charge in [0, 0.05) is 30.6 Å². The fourth-order valence-corrected chi connectivity index (χ4v) is 5.65. The molecule has 9 heteroatoms. The number of benzene rings is 1. The zero-order chi connectivity index (χ0) is 36.5. The number of aryl methyl sites for hydroxylation is 2. The lowest BCUT2D eigenvalue weighted by Gasteiger charge is -2.15. The van der Waals surface area contributed by atoms with Crippen LogP contribution in [-0.4, -0.2) is 47.7 Å². The topological polar surface area (TPSA) is 98.5 Å². The molecule has 0 N–H and O–H groups in total. The second kappa shape index (κ2) is 16.4. The molecule has 5 rings (SSSR count). The third-order valence-electron chi connectivity index (χ3n) is 8.15. The van der Waals surface area contributed by atoms with Crippen molar-refractivity contribution in [2.24, 2.45) is 15.0 Å². The van der Waals surface area contributed by atoms with E-state index in [2.05, 4.69) is 59.6 Å². The highest BCUT2D eigenvalue weighted by molar-refractivity contribution is 6.02. The highest BCUT2D eigenvalue weighted by Gasteiger charge is 2.21. The van der Waals surface area contributed by atoms with Crippen LogP contribution in [0.25, 0.3) is 34.2 Å². The van der Waals surface area contributed by atoms with Gasteiger partial charge in [0.05, 0.1) is 34.2 Å². The van der Waals surface area contributed by atoms with E-state index >= 15 is 0 Å². The van der Waals surface area contributed by atoms with Gasteiger partial charge in [-0.3, -0.25) is 19.1 Å². The average Bonchev–Trinajstić information content (AvgIpc) is 3.68. The smallest absolute Gasteiger partial charge is 0.164 e. The molecule has 0 atom stereocenters. The summed E-state index contributed by atoms with van der Waals surface area (Å²) in [5, 5.41) is 0. The third-order valence-corrected chi connectivity index (χ3v) is 8.15. The number of rotatable bonds is 13. The molecule has 4 heterocycles. The molecule has 256 valence electrons. The van der Waals surface area contributed by atoms with Crippen molar-refractivity contribution in [3.63, 3.8) is 0 Å². The maximum atomic E-state index is 5.16. The maximum Gasteiger partial charge on any atom is 0.164 e. The number of imidazole rings is 2. The Morgan fingerprint density at radius 3 is 2.41 bits per heavy atom. The van der Waals surface area contributed by atoms with Crippen molar-refractivity contribution in [1.82, 2.24) is 29.1 Å². The monoisotopic (exact) mass is 673 g/mol. The van der Waals surface area contributed by atoms with Crippen LogP contribution >= 0.6 is 0 Å². The highest BCUT2D eigenvalue weighted by atomic mass is 15.2. The Balaban J connectivity index is 1.81.